The molecule has 0 aliphatic heterocycles. The van der Waals surface area contributed by atoms with Crippen molar-refractivity contribution in [1.82, 2.24) is 14.8 Å². The quantitative estimate of drug-likeness (QED) is 0.593. The Morgan fingerprint density at radius 2 is 1.93 bits per heavy atom. The van der Waals surface area contributed by atoms with Gasteiger partial charge in [0.1, 0.15) is 0 Å². The molecule has 0 spiro atoms. The molecule has 1 amide bonds. The van der Waals surface area contributed by atoms with Crippen LogP contribution in [0.1, 0.15) is 40.8 Å². The highest BCUT2D eigenvalue weighted by atomic mass is 32.1. The number of carbonyl (C=O) groups excluding carboxylic acids is 2. The predicted molar refractivity (Wildman–Crippen MR) is 113 cm³/mol. The van der Waals surface area contributed by atoms with Gasteiger partial charge in [0.25, 0.3) is 0 Å². The van der Waals surface area contributed by atoms with Crippen molar-refractivity contribution in [2.45, 2.75) is 40.2 Å². The first-order valence-corrected chi connectivity index (χ1v) is 10.2. The lowest BCUT2D eigenvalue weighted by Crippen LogP contribution is -2.13. The van der Waals surface area contributed by atoms with E-state index in [4.69, 9.17) is 4.74 Å². The standard InChI is InChI=1S/C21H24N4O3S/c1-5-25-14(3)16(13(2)24-25)11-12-17(26)22-21-23-18(20(27)28-4)19(29-21)15-9-7-6-8-10-15/h6-10H,5,11-12H2,1-4H3,(H,22,23,26). The molecular weight excluding hydrogens is 388 g/mol. The zero-order valence-corrected chi connectivity index (χ0v) is 17.8. The molecule has 1 aromatic carbocycles. The number of ether oxygens (including phenoxy) is 1. The maximum absolute atomic E-state index is 12.5. The number of rotatable bonds is 7. The normalized spacial score (nSPS) is 10.8. The van der Waals surface area contributed by atoms with Crippen LogP contribution in [-0.2, 0) is 22.5 Å². The molecule has 0 atom stereocenters. The zero-order chi connectivity index (χ0) is 21.0. The van der Waals surface area contributed by atoms with Crippen LogP contribution in [0.2, 0.25) is 0 Å². The summed E-state index contributed by atoms with van der Waals surface area (Å²) in [5.74, 6) is -0.684. The van der Waals surface area contributed by atoms with Gasteiger partial charge in [-0.25, -0.2) is 9.78 Å². The van der Waals surface area contributed by atoms with Crippen LogP contribution in [0.25, 0.3) is 10.4 Å². The Hall–Kier alpha value is -3.00. The topological polar surface area (TPSA) is 86.1 Å². The number of amides is 1. The summed E-state index contributed by atoms with van der Waals surface area (Å²) in [5, 5.41) is 7.69. The Morgan fingerprint density at radius 3 is 2.55 bits per heavy atom. The molecule has 0 fully saturated rings. The van der Waals surface area contributed by atoms with Crippen LogP contribution in [0, 0.1) is 13.8 Å². The molecule has 0 radical (unpaired) electrons. The maximum Gasteiger partial charge on any atom is 0.358 e. The largest absolute Gasteiger partial charge is 0.464 e. The molecule has 1 N–H and O–H groups in total. The Morgan fingerprint density at radius 1 is 1.21 bits per heavy atom. The van der Waals surface area contributed by atoms with Gasteiger partial charge < -0.3 is 10.1 Å². The van der Waals surface area contributed by atoms with Gasteiger partial charge in [0.15, 0.2) is 10.8 Å². The SMILES string of the molecule is CCn1nc(C)c(CCC(=O)Nc2nc(C(=O)OC)c(-c3ccccc3)s2)c1C. The molecule has 2 heterocycles. The van der Waals surface area contributed by atoms with Gasteiger partial charge in [-0.1, -0.05) is 41.7 Å². The summed E-state index contributed by atoms with van der Waals surface area (Å²) >= 11 is 1.26. The number of carbonyl (C=O) groups is 2. The maximum atomic E-state index is 12.5. The van der Waals surface area contributed by atoms with Gasteiger partial charge in [0.05, 0.1) is 17.7 Å². The Kier molecular flexibility index (Phi) is 6.43. The molecule has 3 rings (SSSR count). The number of aromatic nitrogens is 3. The molecule has 152 valence electrons. The predicted octanol–water partition coefficient (Wildman–Crippen LogP) is 4.00. The first kappa shape index (κ1) is 20.7. The van der Waals surface area contributed by atoms with Crippen LogP contribution >= 0.6 is 11.3 Å². The van der Waals surface area contributed by atoms with Gasteiger partial charge in [-0.3, -0.25) is 9.48 Å². The van der Waals surface area contributed by atoms with Crippen LogP contribution in [0.15, 0.2) is 30.3 Å². The lowest BCUT2D eigenvalue weighted by Gasteiger charge is -2.04. The fraction of sp³-hybridized carbons (Fsp3) is 0.333. The Balaban J connectivity index is 1.75. The molecule has 0 saturated carbocycles. The molecular formula is C21H24N4O3S. The lowest BCUT2D eigenvalue weighted by atomic mass is 10.1. The van der Waals surface area contributed by atoms with E-state index in [1.165, 1.54) is 18.4 Å². The second-order valence-corrected chi connectivity index (χ2v) is 7.57. The number of hydrogen-bond donors (Lipinski definition) is 1. The van der Waals surface area contributed by atoms with Crippen molar-refractivity contribution >= 4 is 28.3 Å². The zero-order valence-electron chi connectivity index (χ0n) is 17.0. The van der Waals surface area contributed by atoms with Crippen LogP contribution in [-0.4, -0.2) is 33.8 Å². The number of thiazole rings is 1. The summed E-state index contributed by atoms with van der Waals surface area (Å²) in [6, 6.07) is 9.45. The van der Waals surface area contributed by atoms with Crippen LogP contribution in [0.5, 0.6) is 0 Å². The minimum Gasteiger partial charge on any atom is -0.464 e. The average molecular weight is 413 g/mol. The molecule has 2 aromatic heterocycles. The van der Waals surface area contributed by atoms with E-state index in [1.807, 2.05) is 55.8 Å². The molecule has 29 heavy (non-hydrogen) atoms. The van der Waals surface area contributed by atoms with Crippen LogP contribution in [0.3, 0.4) is 0 Å². The first-order valence-electron chi connectivity index (χ1n) is 9.41. The Labute approximate surface area is 173 Å². The highest BCUT2D eigenvalue weighted by Crippen LogP contribution is 2.33. The second kappa shape index (κ2) is 9.00. The molecule has 0 aliphatic rings. The summed E-state index contributed by atoms with van der Waals surface area (Å²) in [4.78, 5) is 29.6. The van der Waals surface area contributed by atoms with E-state index in [0.29, 0.717) is 22.9 Å². The lowest BCUT2D eigenvalue weighted by molar-refractivity contribution is -0.116. The van der Waals surface area contributed by atoms with Crippen LogP contribution < -0.4 is 5.32 Å². The third-order valence-electron chi connectivity index (χ3n) is 4.72. The van der Waals surface area contributed by atoms with E-state index in [-0.39, 0.29) is 11.6 Å². The number of hydrogen-bond acceptors (Lipinski definition) is 6. The van der Waals surface area contributed by atoms with Crippen molar-refractivity contribution in [3.05, 3.63) is 53.0 Å². The van der Waals surface area contributed by atoms with Gasteiger partial charge in [0.2, 0.25) is 5.91 Å². The van der Waals surface area contributed by atoms with Gasteiger partial charge >= 0.3 is 5.97 Å². The minimum atomic E-state index is -0.529. The number of methoxy groups -OCH3 is 1. The number of nitrogens with zero attached hydrogens (tertiary/aromatic N) is 3. The highest BCUT2D eigenvalue weighted by Gasteiger charge is 2.21. The van der Waals surface area contributed by atoms with E-state index in [1.54, 1.807) is 0 Å². The summed E-state index contributed by atoms with van der Waals surface area (Å²) in [7, 11) is 1.32. The van der Waals surface area contributed by atoms with Crippen molar-refractivity contribution in [3.8, 4) is 10.4 Å². The van der Waals surface area contributed by atoms with E-state index in [2.05, 4.69) is 15.4 Å². The van der Waals surface area contributed by atoms with Crippen molar-refractivity contribution in [2.24, 2.45) is 0 Å². The summed E-state index contributed by atoms with van der Waals surface area (Å²) < 4.78 is 6.79. The van der Waals surface area contributed by atoms with E-state index in [9.17, 15) is 9.59 Å². The number of anilines is 1. The Bertz CT molecular complexity index is 1020. The van der Waals surface area contributed by atoms with Gasteiger partial charge in [-0.05, 0) is 38.3 Å². The highest BCUT2D eigenvalue weighted by molar-refractivity contribution is 7.19. The molecule has 0 bridgehead atoms. The van der Waals surface area contributed by atoms with Crippen molar-refractivity contribution in [3.63, 3.8) is 0 Å². The number of aryl methyl sites for hydroxylation is 2. The van der Waals surface area contributed by atoms with E-state index < -0.39 is 5.97 Å². The van der Waals surface area contributed by atoms with E-state index >= 15 is 0 Å². The van der Waals surface area contributed by atoms with E-state index in [0.717, 1.165) is 29.1 Å². The summed E-state index contributed by atoms with van der Waals surface area (Å²) in [6.45, 7) is 6.83. The van der Waals surface area contributed by atoms with Crippen LogP contribution in [0.4, 0.5) is 5.13 Å². The second-order valence-electron chi connectivity index (χ2n) is 6.57. The fourth-order valence-corrected chi connectivity index (χ4v) is 4.19. The third-order valence-corrected chi connectivity index (χ3v) is 5.74. The molecule has 0 aliphatic carbocycles. The smallest absolute Gasteiger partial charge is 0.358 e. The average Bonchev–Trinajstić information content (AvgIpc) is 3.27. The third kappa shape index (κ3) is 4.54. The number of nitrogens with one attached hydrogen (secondary N) is 1. The van der Waals surface area contributed by atoms with Gasteiger partial charge in [0, 0.05) is 18.7 Å². The van der Waals surface area contributed by atoms with Gasteiger partial charge in [-0.15, -0.1) is 0 Å². The number of benzene rings is 1. The molecule has 3 aromatic rings. The minimum absolute atomic E-state index is 0.155. The van der Waals surface area contributed by atoms with Crippen molar-refractivity contribution in [2.75, 3.05) is 12.4 Å². The van der Waals surface area contributed by atoms with Gasteiger partial charge in [-0.2, -0.15) is 5.10 Å². The van der Waals surface area contributed by atoms with Crippen molar-refractivity contribution < 1.29 is 14.3 Å². The molecule has 0 unspecified atom stereocenters. The molecule has 8 heteroatoms. The molecule has 0 saturated heterocycles. The van der Waals surface area contributed by atoms with Crippen molar-refractivity contribution in [1.29, 1.82) is 0 Å². The number of esters is 1. The monoisotopic (exact) mass is 412 g/mol. The summed E-state index contributed by atoms with van der Waals surface area (Å²) in [5.41, 5.74) is 4.19. The summed E-state index contributed by atoms with van der Waals surface area (Å²) in [6.07, 6.45) is 0.912. The first-order chi connectivity index (χ1) is 13.9. The fourth-order valence-electron chi connectivity index (χ4n) is 3.22. The molecule has 7 nitrogen and oxygen atoms in total.